The summed E-state index contributed by atoms with van der Waals surface area (Å²) in [5.41, 5.74) is 0. The zero-order chi connectivity index (χ0) is 11.1. The molecule has 4 nitrogen and oxygen atoms in total. The minimum absolute atomic E-state index is 0.267. The number of quaternary nitrogens is 1. The number of hydrogen-bond acceptors (Lipinski definition) is 3. The largest absolute Gasteiger partial charge is 0.376 e. The summed E-state index contributed by atoms with van der Waals surface area (Å²) in [7, 11) is 0. The van der Waals surface area contributed by atoms with Gasteiger partial charge in [-0.05, 0) is 13.8 Å². The van der Waals surface area contributed by atoms with Crippen LogP contribution in [0.2, 0.25) is 0 Å². The van der Waals surface area contributed by atoms with E-state index in [0.29, 0.717) is 24.4 Å². The molecule has 1 aliphatic heterocycles. The van der Waals surface area contributed by atoms with Crippen molar-refractivity contribution in [2.45, 2.75) is 32.9 Å². The molecule has 0 saturated carbocycles. The molecule has 2 unspecified atom stereocenters. The summed E-state index contributed by atoms with van der Waals surface area (Å²) in [6.45, 7) is 8.62. The van der Waals surface area contributed by atoms with Gasteiger partial charge in [-0.15, -0.1) is 0 Å². The smallest absolute Gasteiger partial charge is 0.192 e. The van der Waals surface area contributed by atoms with Gasteiger partial charge in [-0.3, -0.25) is 4.48 Å². The molecule has 0 aromatic carbocycles. The molecule has 0 aliphatic carbocycles. The van der Waals surface area contributed by atoms with Crippen molar-refractivity contribution in [3.63, 3.8) is 0 Å². The van der Waals surface area contributed by atoms with Crippen LogP contribution in [0, 0.1) is 0 Å². The van der Waals surface area contributed by atoms with Crippen molar-refractivity contribution in [2.75, 3.05) is 39.6 Å². The highest BCUT2D eigenvalue weighted by Gasteiger charge is 2.40. The van der Waals surface area contributed by atoms with Gasteiger partial charge in [-0.25, -0.2) is 0 Å². The summed E-state index contributed by atoms with van der Waals surface area (Å²) in [5.74, 6) is 0. The van der Waals surface area contributed by atoms with Gasteiger partial charge in [0, 0.05) is 26.1 Å². The average Bonchev–Trinajstić information content (AvgIpc) is 2.59. The van der Waals surface area contributed by atoms with Gasteiger partial charge in [0.15, 0.2) is 13.0 Å². The third-order valence-electron chi connectivity index (χ3n) is 3.14. The Morgan fingerprint density at radius 1 is 1.27 bits per heavy atom. The summed E-state index contributed by atoms with van der Waals surface area (Å²) in [5, 5.41) is 10.0. The number of nitrogens with zero attached hydrogens (tertiary/aromatic N) is 1. The van der Waals surface area contributed by atoms with E-state index in [1.54, 1.807) is 0 Å². The quantitative estimate of drug-likeness (QED) is 0.511. The molecule has 0 radical (unpaired) electrons. The highest BCUT2D eigenvalue weighted by atomic mass is 16.5. The maximum absolute atomic E-state index is 10.0. The Morgan fingerprint density at radius 3 is 2.53 bits per heavy atom. The van der Waals surface area contributed by atoms with Gasteiger partial charge in [-0.2, -0.15) is 0 Å². The van der Waals surface area contributed by atoms with Crippen molar-refractivity contribution in [1.29, 1.82) is 0 Å². The van der Waals surface area contributed by atoms with Gasteiger partial charge in [0.1, 0.15) is 6.54 Å². The molecule has 1 heterocycles. The fourth-order valence-electron chi connectivity index (χ4n) is 2.15. The molecule has 1 N–H and O–H groups in total. The lowest BCUT2D eigenvalue weighted by Gasteiger charge is -2.36. The standard InChI is InChI=1S/C11H24NO3/c1-3-14-9-8-12(10-15-4-2)7-5-6-11(12)13/h11,13H,3-10H2,1-2H3/q+1. The lowest BCUT2D eigenvalue weighted by atomic mass is 10.4. The second kappa shape index (κ2) is 6.43. The molecule has 0 aromatic rings. The minimum atomic E-state index is -0.267. The molecule has 0 spiro atoms. The van der Waals surface area contributed by atoms with Crippen molar-refractivity contribution >= 4 is 0 Å². The van der Waals surface area contributed by atoms with E-state index in [1.807, 2.05) is 13.8 Å². The second-order valence-corrected chi connectivity index (χ2v) is 4.11. The van der Waals surface area contributed by atoms with Crippen molar-refractivity contribution in [3.8, 4) is 0 Å². The molecule has 0 aromatic heterocycles. The van der Waals surface area contributed by atoms with E-state index in [-0.39, 0.29) is 6.23 Å². The van der Waals surface area contributed by atoms with E-state index in [9.17, 15) is 5.11 Å². The molecule has 0 amide bonds. The summed E-state index contributed by atoms with van der Waals surface area (Å²) in [6, 6.07) is 0. The van der Waals surface area contributed by atoms with Crippen LogP contribution in [0.4, 0.5) is 0 Å². The van der Waals surface area contributed by atoms with Crippen molar-refractivity contribution in [2.24, 2.45) is 0 Å². The Bertz CT molecular complexity index is 177. The molecule has 1 rings (SSSR count). The first-order chi connectivity index (χ1) is 7.25. The fourth-order valence-corrected chi connectivity index (χ4v) is 2.15. The molecule has 2 atom stereocenters. The summed E-state index contributed by atoms with van der Waals surface area (Å²) in [6.07, 6.45) is 1.71. The molecule has 1 fully saturated rings. The van der Waals surface area contributed by atoms with E-state index in [4.69, 9.17) is 9.47 Å². The number of aliphatic hydroxyl groups is 1. The third-order valence-corrected chi connectivity index (χ3v) is 3.14. The molecular formula is C11H24NO3+. The van der Waals surface area contributed by atoms with Gasteiger partial charge in [-0.1, -0.05) is 0 Å². The Morgan fingerprint density at radius 2 is 2.00 bits per heavy atom. The lowest BCUT2D eigenvalue weighted by molar-refractivity contribution is -0.975. The van der Waals surface area contributed by atoms with Crippen LogP contribution in [0.1, 0.15) is 26.7 Å². The predicted octanol–water partition coefficient (Wildman–Crippen LogP) is 0.946. The summed E-state index contributed by atoms with van der Waals surface area (Å²) < 4.78 is 11.5. The lowest BCUT2D eigenvalue weighted by Crippen LogP contribution is -2.54. The predicted molar refractivity (Wildman–Crippen MR) is 58.2 cm³/mol. The minimum Gasteiger partial charge on any atom is -0.376 e. The first-order valence-electron chi connectivity index (χ1n) is 5.94. The van der Waals surface area contributed by atoms with Crippen LogP contribution in [-0.4, -0.2) is 55.5 Å². The number of likely N-dealkylation sites (tertiary alicyclic amines) is 1. The molecule has 1 saturated heterocycles. The maximum Gasteiger partial charge on any atom is 0.192 e. The van der Waals surface area contributed by atoms with Crippen LogP contribution in [0.5, 0.6) is 0 Å². The number of hydrogen-bond donors (Lipinski definition) is 1. The molecule has 15 heavy (non-hydrogen) atoms. The maximum atomic E-state index is 10.0. The highest BCUT2D eigenvalue weighted by Crippen LogP contribution is 2.25. The molecule has 0 bridgehead atoms. The van der Waals surface area contributed by atoms with E-state index >= 15 is 0 Å². The van der Waals surface area contributed by atoms with E-state index in [2.05, 4.69) is 0 Å². The van der Waals surface area contributed by atoms with Gasteiger partial charge >= 0.3 is 0 Å². The zero-order valence-corrected chi connectivity index (χ0v) is 9.95. The summed E-state index contributed by atoms with van der Waals surface area (Å²) >= 11 is 0. The number of ether oxygens (including phenoxy) is 2. The van der Waals surface area contributed by atoms with Gasteiger partial charge in [0.25, 0.3) is 0 Å². The van der Waals surface area contributed by atoms with Crippen LogP contribution >= 0.6 is 0 Å². The first-order valence-corrected chi connectivity index (χ1v) is 5.94. The van der Waals surface area contributed by atoms with Crippen LogP contribution in [0.15, 0.2) is 0 Å². The van der Waals surface area contributed by atoms with Crippen LogP contribution in [0.25, 0.3) is 0 Å². The van der Waals surface area contributed by atoms with Crippen LogP contribution < -0.4 is 0 Å². The number of rotatable bonds is 7. The van der Waals surface area contributed by atoms with Crippen molar-refractivity contribution < 1.29 is 19.1 Å². The van der Waals surface area contributed by atoms with E-state index in [1.165, 1.54) is 0 Å². The monoisotopic (exact) mass is 218 g/mol. The zero-order valence-electron chi connectivity index (χ0n) is 9.95. The highest BCUT2D eigenvalue weighted by molar-refractivity contribution is 4.57. The van der Waals surface area contributed by atoms with Crippen LogP contribution in [0.3, 0.4) is 0 Å². The Kier molecular flexibility index (Phi) is 5.53. The Hall–Kier alpha value is -0.160. The molecule has 1 aliphatic rings. The second-order valence-electron chi connectivity index (χ2n) is 4.11. The van der Waals surface area contributed by atoms with Crippen molar-refractivity contribution in [1.82, 2.24) is 0 Å². The fraction of sp³-hybridized carbons (Fsp3) is 1.00. The van der Waals surface area contributed by atoms with Gasteiger partial charge in [0.05, 0.1) is 13.2 Å². The molecular weight excluding hydrogens is 194 g/mol. The Balaban J connectivity index is 2.44. The molecule has 4 heteroatoms. The van der Waals surface area contributed by atoms with Gasteiger partial charge in [0.2, 0.25) is 0 Å². The van der Waals surface area contributed by atoms with E-state index < -0.39 is 0 Å². The Labute approximate surface area is 92.4 Å². The third kappa shape index (κ3) is 3.41. The topological polar surface area (TPSA) is 38.7 Å². The molecule has 90 valence electrons. The number of aliphatic hydroxyl groups excluding tert-OH is 1. The van der Waals surface area contributed by atoms with Gasteiger partial charge < -0.3 is 14.6 Å². The normalized spacial score (nSPS) is 31.0. The van der Waals surface area contributed by atoms with Crippen molar-refractivity contribution in [3.05, 3.63) is 0 Å². The SMILES string of the molecule is CCOCC[N+]1(COCC)CCCC1O. The van der Waals surface area contributed by atoms with Crippen LogP contribution in [-0.2, 0) is 9.47 Å². The average molecular weight is 218 g/mol. The van der Waals surface area contributed by atoms with E-state index in [0.717, 1.165) is 32.5 Å². The first kappa shape index (κ1) is 12.9. The summed E-state index contributed by atoms with van der Waals surface area (Å²) in [4.78, 5) is 0.